The highest BCUT2D eigenvalue weighted by Crippen LogP contribution is 2.59. The smallest absolute Gasteiger partial charge is 0.308 e. The molecule has 2 nitrogen and oxygen atoms in total. The fourth-order valence-electron chi connectivity index (χ4n) is 4.62. The minimum absolute atomic E-state index is 0.0000246. The number of hydrogen-bond donors (Lipinski definition) is 0. The number of carbonyl (C=O) groups is 1. The molecule has 4 rings (SSSR count). The molecule has 17 heavy (non-hydrogen) atoms. The van der Waals surface area contributed by atoms with Gasteiger partial charge in [-0.15, -0.1) is 0 Å². The van der Waals surface area contributed by atoms with E-state index < -0.39 is 0 Å². The predicted molar refractivity (Wildman–Crippen MR) is 66.4 cm³/mol. The van der Waals surface area contributed by atoms with Gasteiger partial charge in [0, 0.05) is 0 Å². The number of rotatable bonds is 2. The molecule has 0 aliphatic heterocycles. The fourth-order valence-corrected chi connectivity index (χ4v) is 4.62. The minimum atomic E-state index is -0.144. The maximum absolute atomic E-state index is 11.9. The Balaban J connectivity index is 1.80. The molecule has 4 bridgehead atoms. The maximum atomic E-state index is 11.9. The summed E-state index contributed by atoms with van der Waals surface area (Å²) in [4.78, 5) is 11.9. The summed E-state index contributed by atoms with van der Waals surface area (Å²) in [7, 11) is 0. The summed E-state index contributed by atoms with van der Waals surface area (Å²) in [6.07, 6.45) is 6.65. The molecule has 0 aromatic carbocycles. The van der Waals surface area contributed by atoms with Crippen molar-refractivity contribution < 1.29 is 9.53 Å². The predicted octanol–water partition coefficient (Wildman–Crippen LogP) is 3.40. The SMILES string of the molecule is CC(C)C(=O)O[C@]1(C)C2CC3CC(C2)C[C@@H]1C3. The summed E-state index contributed by atoms with van der Waals surface area (Å²) in [6.45, 7) is 6.07. The second-order valence-electron chi connectivity index (χ2n) is 7.06. The van der Waals surface area contributed by atoms with Crippen LogP contribution in [0.15, 0.2) is 0 Å². The molecule has 4 aliphatic carbocycles. The molecule has 4 fully saturated rings. The molecule has 0 spiro atoms. The van der Waals surface area contributed by atoms with E-state index in [1.165, 1.54) is 32.1 Å². The highest BCUT2D eigenvalue weighted by atomic mass is 16.6. The monoisotopic (exact) mass is 236 g/mol. The third kappa shape index (κ3) is 1.71. The van der Waals surface area contributed by atoms with Gasteiger partial charge in [0.05, 0.1) is 5.92 Å². The molecule has 0 aromatic heterocycles. The van der Waals surface area contributed by atoms with Gasteiger partial charge in [-0.1, -0.05) is 13.8 Å². The van der Waals surface area contributed by atoms with Crippen LogP contribution >= 0.6 is 0 Å². The summed E-state index contributed by atoms with van der Waals surface area (Å²) in [5.74, 6) is 3.15. The van der Waals surface area contributed by atoms with Crippen LogP contribution in [0.2, 0.25) is 0 Å². The van der Waals surface area contributed by atoms with Crippen molar-refractivity contribution in [3.05, 3.63) is 0 Å². The Kier molecular flexibility index (Phi) is 2.53. The van der Waals surface area contributed by atoms with Gasteiger partial charge < -0.3 is 4.74 Å². The van der Waals surface area contributed by atoms with Crippen LogP contribution in [0.5, 0.6) is 0 Å². The second kappa shape index (κ2) is 3.73. The lowest BCUT2D eigenvalue weighted by Gasteiger charge is -2.59. The number of esters is 1. The van der Waals surface area contributed by atoms with Gasteiger partial charge in [-0.05, 0) is 62.7 Å². The zero-order chi connectivity index (χ0) is 12.2. The molecule has 0 aromatic rings. The summed E-state index contributed by atoms with van der Waals surface area (Å²) < 4.78 is 5.94. The van der Waals surface area contributed by atoms with Crippen LogP contribution in [-0.4, -0.2) is 11.6 Å². The number of carbonyl (C=O) groups excluding carboxylic acids is 1. The van der Waals surface area contributed by atoms with E-state index in [0.717, 1.165) is 11.8 Å². The van der Waals surface area contributed by atoms with Gasteiger partial charge in [0.2, 0.25) is 0 Å². The van der Waals surface area contributed by atoms with E-state index in [2.05, 4.69) is 6.92 Å². The molecule has 2 heteroatoms. The van der Waals surface area contributed by atoms with E-state index in [4.69, 9.17) is 4.74 Å². The third-order valence-electron chi connectivity index (χ3n) is 5.55. The van der Waals surface area contributed by atoms with Crippen LogP contribution in [-0.2, 0) is 9.53 Å². The summed E-state index contributed by atoms with van der Waals surface area (Å²) >= 11 is 0. The quantitative estimate of drug-likeness (QED) is 0.687. The van der Waals surface area contributed by atoms with E-state index in [0.29, 0.717) is 11.8 Å². The Morgan fingerprint density at radius 3 is 1.94 bits per heavy atom. The molecule has 4 aliphatic rings. The maximum Gasteiger partial charge on any atom is 0.308 e. The van der Waals surface area contributed by atoms with Gasteiger partial charge in [-0.3, -0.25) is 4.79 Å². The van der Waals surface area contributed by atoms with Crippen LogP contribution < -0.4 is 0 Å². The molecule has 0 radical (unpaired) electrons. The first-order valence-corrected chi connectivity index (χ1v) is 7.22. The number of hydrogen-bond acceptors (Lipinski definition) is 2. The standard InChI is InChI=1S/C15H24O2/c1-9(2)14(16)17-15(3)12-5-10-4-11(7-12)8-13(15)6-10/h9-13H,4-8H2,1-3H3/t10?,11?,12-,13?,15-/m0/s1. The van der Waals surface area contributed by atoms with Crippen LogP contribution in [0, 0.1) is 29.6 Å². The van der Waals surface area contributed by atoms with Crippen LogP contribution in [0.25, 0.3) is 0 Å². The van der Waals surface area contributed by atoms with Gasteiger partial charge >= 0.3 is 5.97 Å². The highest BCUT2D eigenvalue weighted by molar-refractivity contribution is 5.72. The highest BCUT2D eigenvalue weighted by Gasteiger charge is 2.57. The largest absolute Gasteiger partial charge is 0.459 e. The number of ether oxygens (including phenoxy) is 1. The lowest BCUT2D eigenvalue weighted by Crippen LogP contribution is -2.58. The topological polar surface area (TPSA) is 26.3 Å². The van der Waals surface area contributed by atoms with Crippen molar-refractivity contribution in [2.75, 3.05) is 0 Å². The molecule has 96 valence electrons. The first-order chi connectivity index (χ1) is 7.99. The van der Waals surface area contributed by atoms with E-state index >= 15 is 0 Å². The molecule has 0 amide bonds. The zero-order valence-electron chi connectivity index (χ0n) is 11.2. The van der Waals surface area contributed by atoms with E-state index in [9.17, 15) is 4.79 Å². The third-order valence-corrected chi connectivity index (χ3v) is 5.55. The van der Waals surface area contributed by atoms with Crippen molar-refractivity contribution in [2.24, 2.45) is 29.6 Å². The van der Waals surface area contributed by atoms with Crippen LogP contribution in [0.3, 0.4) is 0 Å². The van der Waals surface area contributed by atoms with Crippen molar-refractivity contribution >= 4 is 5.97 Å². The van der Waals surface area contributed by atoms with Crippen molar-refractivity contribution in [1.82, 2.24) is 0 Å². The molecular weight excluding hydrogens is 212 g/mol. The average Bonchev–Trinajstić information content (AvgIpc) is 2.25. The Morgan fingerprint density at radius 2 is 1.53 bits per heavy atom. The van der Waals surface area contributed by atoms with E-state index in [1.807, 2.05) is 13.8 Å². The lowest BCUT2D eigenvalue weighted by atomic mass is 9.50. The van der Waals surface area contributed by atoms with Crippen molar-refractivity contribution in [3.8, 4) is 0 Å². The molecule has 0 saturated heterocycles. The van der Waals surface area contributed by atoms with Crippen LogP contribution in [0.1, 0.15) is 52.9 Å². The van der Waals surface area contributed by atoms with Gasteiger partial charge in [-0.2, -0.15) is 0 Å². The molecule has 0 N–H and O–H groups in total. The second-order valence-corrected chi connectivity index (χ2v) is 7.06. The molecular formula is C15H24O2. The van der Waals surface area contributed by atoms with Crippen molar-refractivity contribution in [2.45, 2.75) is 58.5 Å². The van der Waals surface area contributed by atoms with E-state index in [-0.39, 0.29) is 17.5 Å². The lowest BCUT2D eigenvalue weighted by molar-refractivity contribution is -0.206. The van der Waals surface area contributed by atoms with Crippen molar-refractivity contribution in [3.63, 3.8) is 0 Å². The van der Waals surface area contributed by atoms with Gasteiger partial charge in [0.25, 0.3) is 0 Å². The Morgan fingerprint density at radius 1 is 1.06 bits per heavy atom. The Labute approximate surface area is 104 Å². The Hall–Kier alpha value is -0.530. The minimum Gasteiger partial charge on any atom is -0.459 e. The van der Waals surface area contributed by atoms with Gasteiger partial charge in [0.15, 0.2) is 0 Å². The molecule has 0 heterocycles. The van der Waals surface area contributed by atoms with Gasteiger partial charge in [-0.25, -0.2) is 0 Å². The zero-order valence-corrected chi connectivity index (χ0v) is 11.2. The summed E-state index contributed by atoms with van der Waals surface area (Å²) in [6, 6.07) is 0. The van der Waals surface area contributed by atoms with Crippen LogP contribution in [0.4, 0.5) is 0 Å². The molecule has 0 unspecified atom stereocenters. The van der Waals surface area contributed by atoms with Gasteiger partial charge in [0.1, 0.15) is 5.60 Å². The summed E-state index contributed by atoms with van der Waals surface area (Å²) in [5.41, 5.74) is -0.144. The summed E-state index contributed by atoms with van der Waals surface area (Å²) in [5, 5.41) is 0. The molecule has 0 atom stereocenters. The molecule has 4 saturated carbocycles. The Bertz CT molecular complexity index is 304. The first kappa shape index (κ1) is 11.6. The van der Waals surface area contributed by atoms with Crippen molar-refractivity contribution in [1.29, 1.82) is 0 Å². The fraction of sp³-hybridized carbons (Fsp3) is 0.933. The normalized spacial score (nSPS) is 47.5. The first-order valence-electron chi connectivity index (χ1n) is 7.22. The van der Waals surface area contributed by atoms with E-state index in [1.54, 1.807) is 0 Å². The average molecular weight is 236 g/mol.